The van der Waals surface area contributed by atoms with Gasteiger partial charge in [-0.1, -0.05) is 65.7 Å². The molecular formula is C39H37ClFN3O5. The van der Waals surface area contributed by atoms with Crippen molar-refractivity contribution < 1.29 is 28.7 Å². The van der Waals surface area contributed by atoms with E-state index in [-0.39, 0.29) is 40.7 Å². The minimum Gasteiger partial charge on any atom is -0.508 e. The van der Waals surface area contributed by atoms with Crippen molar-refractivity contribution in [3.05, 3.63) is 106 Å². The van der Waals surface area contributed by atoms with Crippen LogP contribution in [-0.2, 0) is 25.7 Å². The Labute approximate surface area is 289 Å². The van der Waals surface area contributed by atoms with Crippen molar-refractivity contribution in [2.45, 2.75) is 51.1 Å². The Bertz CT molecular complexity index is 1890. The van der Waals surface area contributed by atoms with Gasteiger partial charge in [0.25, 0.3) is 0 Å². The summed E-state index contributed by atoms with van der Waals surface area (Å²) in [7, 11) is 0. The fourth-order valence-corrected chi connectivity index (χ4v) is 9.67. The lowest BCUT2D eigenvalue weighted by atomic mass is 9.51. The number of carbonyl (C=O) groups excluding carboxylic acids is 4. The Kier molecular flexibility index (Phi) is 7.76. The SMILES string of the molecule is CC12C(=O)N(c3ccc(F)c(Cl)c3)C(=O)C1CC1C(=CCC3C(=O)N(C4CCN(Cc5ccccc5)CC4)C(=O)C31)C2c1ccc(O)cc1. The summed E-state index contributed by atoms with van der Waals surface area (Å²) >= 11 is 6.09. The highest BCUT2D eigenvalue weighted by Crippen LogP contribution is 2.63. The number of likely N-dealkylation sites (tertiary alicyclic amines) is 2. The quantitative estimate of drug-likeness (QED) is 0.259. The number of aromatic hydroxyl groups is 1. The first-order valence-corrected chi connectivity index (χ1v) is 17.4. The van der Waals surface area contributed by atoms with Gasteiger partial charge in [-0.15, -0.1) is 0 Å². The molecule has 0 radical (unpaired) electrons. The lowest BCUT2D eigenvalue weighted by Crippen LogP contribution is -2.49. The van der Waals surface area contributed by atoms with Gasteiger partial charge in [0.1, 0.15) is 11.6 Å². The molecule has 4 fully saturated rings. The zero-order chi connectivity index (χ0) is 34.2. The number of rotatable bonds is 5. The van der Waals surface area contributed by atoms with Gasteiger partial charge in [-0.05, 0) is 80.0 Å². The Morgan fingerprint density at radius 2 is 1.61 bits per heavy atom. The van der Waals surface area contributed by atoms with E-state index >= 15 is 0 Å². The van der Waals surface area contributed by atoms with Crippen LogP contribution in [0.4, 0.5) is 10.1 Å². The molecule has 49 heavy (non-hydrogen) atoms. The molecule has 6 atom stereocenters. The third kappa shape index (κ3) is 4.96. The van der Waals surface area contributed by atoms with E-state index < -0.39 is 52.6 Å². The summed E-state index contributed by atoms with van der Waals surface area (Å²) in [6, 6.07) is 20.5. The number of nitrogens with zero attached hydrogens (tertiary/aromatic N) is 3. The van der Waals surface area contributed by atoms with Crippen molar-refractivity contribution in [2.24, 2.45) is 29.1 Å². The van der Waals surface area contributed by atoms with Crippen molar-refractivity contribution in [3.8, 4) is 5.75 Å². The van der Waals surface area contributed by atoms with Crippen LogP contribution in [0, 0.1) is 34.9 Å². The zero-order valence-corrected chi connectivity index (χ0v) is 27.9. The fourth-order valence-electron chi connectivity index (χ4n) is 9.49. The lowest BCUT2D eigenvalue weighted by Gasteiger charge is -2.49. The molecule has 10 heteroatoms. The molecule has 3 aliphatic heterocycles. The van der Waals surface area contributed by atoms with E-state index in [0.717, 1.165) is 41.7 Å². The number of benzene rings is 3. The van der Waals surface area contributed by atoms with Crippen molar-refractivity contribution >= 4 is 40.9 Å². The Morgan fingerprint density at radius 3 is 2.31 bits per heavy atom. The largest absolute Gasteiger partial charge is 0.508 e. The number of fused-ring (bicyclic) bond motifs is 4. The molecule has 1 saturated carbocycles. The predicted octanol–water partition coefficient (Wildman–Crippen LogP) is 6.08. The fraction of sp³-hybridized carbons (Fsp3) is 0.385. The molecule has 5 aliphatic rings. The van der Waals surface area contributed by atoms with Gasteiger partial charge in [-0.25, -0.2) is 9.29 Å². The first-order valence-electron chi connectivity index (χ1n) is 17.0. The summed E-state index contributed by atoms with van der Waals surface area (Å²) in [5.41, 5.74) is 1.80. The topological polar surface area (TPSA) is 98.2 Å². The molecular weight excluding hydrogens is 645 g/mol. The Hall–Kier alpha value is -4.34. The Balaban J connectivity index is 1.12. The molecule has 3 aromatic rings. The van der Waals surface area contributed by atoms with Gasteiger partial charge in [-0.2, -0.15) is 0 Å². The summed E-state index contributed by atoms with van der Waals surface area (Å²) in [6.45, 7) is 4.17. The molecule has 0 bridgehead atoms. The van der Waals surface area contributed by atoms with Gasteiger partial charge >= 0.3 is 0 Å². The highest BCUT2D eigenvalue weighted by atomic mass is 35.5. The second-order valence-electron chi connectivity index (χ2n) is 14.4. The molecule has 0 aromatic heterocycles. The minimum atomic E-state index is -1.24. The predicted molar refractivity (Wildman–Crippen MR) is 181 cm³/mol. The number of carbonyl (C=O) groups is 4. The number of halogens is 2. The summed E-state index contributed by atoms with van der Waals surface area (Å²) < 4.78 is 14.1. The lowest BCUT2D eigenvalue weighted by molar-refractivity contribution is -0.144. The molecule has 4 amide bonds. The van der Waals surface area contributed by atoms with Crippen LogP contribution >= 0.6 is 11.6 Å². The van der Waals surface area contributed by atoms with Gasteiger partial charge in [0.05, 0.1) is 33.9 Å². The van der Waals surface area contributed by atoms with Crippen molar-refractivity contribution in [2.75, 3.05) is 18.0 Å². The smallest absolute Gasteiger partial charge is 0.241 e. The average Bonchev–Trinajstić information content (AvgIpc) is 3.47. The first kappa shape index (κ1) is 31.9. The molecule has 1 N–H and O–H groups in total. The highest BCUT2D eigenvalue weighted by molar-refractivity contribution is 6.31. The number of hydrogen-bond acceptors (Lipinski definition) is 6. The maximum atomic E-state index is 14.5. The Morgan fingerprint density at radius 1 is 0.898 bits per heavy atom. The van der Waals surface area contributed by atoms with Crippen molar-refractivity contribution in [1.82, 2.24) is 9.80 Å². The summed E-state index contributed by atoms with van der Waals surface area (Å²) in [4.78, 5) is 62.3. The maximum absolute atomic E-state index is 14.5. The molecule has 6 unspecified atom stereocenters. The van der Waals surface area contributed by atoms with E-state index in [9.17, 15) is 28.7 Å². The standard InChI is InChI=1S/C39H37ClFN3O5/c1-39-30(36(47)44(38(39)49)25-9-14-32(41)31(40)19-25)20-29-27(34(39)23-7-10-26(45)11-8-23)12-13-28-33(29)37(48)43(35(28)46)24-15-17-42(18-16-24)21-22-5-3-2-4-6-22/h2-12,14,19,24,28-30,33-34,45H,13,15-18,20-21H2,1H3. The van der Waals surface area contributed by atoms with Gasteiger partial charge < -0.3 is 5.11 Å². The molecule has 2 aliphatic carbocycles. The zero-order valence-electron chi connectivity index (χ0n) is 27.1. The number of amides is 4. The van der Waals surface area contributed by atoms with E-state index in [2.05, 4.69) is 17.0 Å². The van der Waals surface area contributed by atoms with Crippen LogP contribution in [0.5, 0.6) is 5.75 Å². The van der Waals surface area contributed by atoms with Gasteiger partial charge in [0.15, 0.2) is 0 Å². The van der Waals surface area contributed by atoms with Crippen molar-refractivity contribution in [1.29, 1.82) is 0 Å². The highest BCUT2D eigenvalue weighted by Gasteiger charge is 2.67. The molecule has 0 spiro atoms. The third-order valence-corrected chi connectivity index (χ3v) is 12.2. The monoisotopic (exact) mass is 681 g/mol. The number of hydrogen-bond donors (Lipinski definition) is 1. The molecule has 8 rings (SSSR count). The second-order valence-corrected chi connectivity index (χ2v) is 14.8. The van der Waals surface area contributed by atoms with E-state index in [0.29, 0.717) is 19.3 Å². The van der Waals surface area contributed by atoms with Crippen LogP contribution in [0.1, 0.15) is 49.7 Å². The van der Waals surface area contributed by atoms with E-state index in [1.54, 1.807) is 31.2 Å². The van der Waals surface area contributed by atoms with Crippen LogP contribution in [-0.4, -0.2) is 57.7 Å². The van der Waals surface area contributed by atoms with Crippen LogP contribution in [0.3, 0.4) is 0 Å². The number of piperidine rings is 1. The van der Waals surface area contributed by atoms with Gasteiger partial charge in [0, 0.05) is 31.6 Å². The van der Waals surface area contributed by atoms with Crippen LogP contribution in [0.2, 0.25) is 5.02 Å². The number of allylic oxidation sites excluding steroid dienone is 2. The van der Waals surface area contributed by atoms with Crippen LogP contribution in [0.15, 0.2) is 84.4 Å². The average molecular weight is 682 g/mol. The maximum Gasteiger partial charge on any atom is 0.241 e. The normalized spacial score (nSPS) is 30.3. The molecule has 3 saturated heterocycles. The number of phenols is 1. The molecule has 252 valence electrons. The first-order chi connectivity index (χ1) is 23.6. The molecule has 3 heterocycles. The van der Waals surface area contributed by atoms with Crippen LogP contribution < -0.4 is 4.90 Å². The van der Waals surface area contributed by atoms with E-state index in [4.69, 9.17) is 11.6 Å². The van der Waals surface area contributed by atoms with E-state index in [1.165, 1.54) is 22.6 Å². The van der Waals surface area contributed by atoms with Crippen LogP contribution in [0.25, 0.3) is 0 Å². The van der Waals surface area contributed by atoms with Gasteiger partial charge in [-0.3, -0.25) is 29.0 Å². The molecule has 3 aromatic carbocycles. The summed E-state index contributed by atoms with van der Waals surface area (Å²) in [5, 5.41) is 9.92. The van der Waals surface area contributed by atoms with Crippen molar-refractivity contribution in [3.63, 3.8) is 0 Å². The molecule has 8 nitrogen and oxygen atoms in total. The summed E-state index contributed by atoms with van der Waals surface area (Å²) in [5.74, 6) is -4.75. The number of imide groups is 2. The number of anilines is 1. The second kappa shape index (κ2) is 11.9. The van der Waals surface area contributed by atoms with E-state index in [1.807, 2.05) is 24.3 Å². The number of phenolic OH excluding ortho intramolecular Hbond substituents is 1. The summed E-state index contributed by atoms with van der Waals surface area (Å²) in [6.07, 6.45) is 4.04. The minimum absolute atomic E-state index is 0.0638. The van der Waals surface area contributed by atoms with Gasteiger partial charge in [0.2, 0.25) is 23.6 Å². The third-order valence-electron chi connectivity index (χ3n) is 11.9.